The Kier molecular flexibility index (Phi) is 4.42. The molecule has 0 aliphatic carbocycles. The van der Waals surface area contributed by atoms with Crippen LogP contribution in [0, 0.1) is 17.1 Å². The summed E-state index contributed by atoms with van der Waals surface area (Å²) in [5.74, 6) is 0.159. The molecular weight excluding hydrogens is 337 g/mol. The molecule has 3 aromatic carbocycles. The van der Waals surface area contributed by atoms with Gasteiger partial charge in [-0.1, -0.05) is 48.5 Å². The summed E-state index contributed by atoms with van der Waals surface area (Å²) in [5.41, 5.74) is 4.42. The first-order valence-corrected chi connectivity index (χ1v) is 8.43. The van der Waals surface area contributed by atoms with Gasteiger partial charge in [0.1, 0.15) is 5.82 Å². The standard InChI is InChI=1S/C23H14FN3/c24-21-12-16(15-25)11-20(14-21)18-7-4-8-19(13-18)23-26-10-9-22(27-23)17-5-2-1-3-6-17/h1-14H. The Morgan fingerprint density at radius 1 is 0.741 bits per heavy atom. The summed E-state index contributed by atoms with van der Waals surface area (Å²) in [6, 6.07) is 25.6. The van der Waals surface area contributed by atoms with Gasteiger partial charge in [-0.15, -0.1) is 0 Å². The first-order chi connectivity index (χ1) is 13.2. The van der Waals surface area contributed by atoms with Gasteiger partial charge in [-0.2, -0.15) is 5.26 Å². The van der Waals surface area contributed by atoms with E-state index in [9.17, 15) is 4.39 Å². The van der Waals surface area contributed by atoms with Crippen LogP contribution in [0.3, 0.4) is 0 Å². The molecule has 0 radical (unpaired) electrons. The molecule has 0 bridgehead atoms. The minimum atomic E-state index is -0.434. The predicted octanol–water partition coefficient (Wildman–Crippen LogP) is 5.49. The van der Waals surface area contributed by atoms with Gasteiger partial charge in [0.2, 0.25) is 0 Å². The van der Waals surface area contributed by atoms with E-state index in [2.05, 4.69) is 9.97 Å². The van der Waals surface area contributed by atoms with Crippen molar-refractivity contribution >= 4 is 0 Å². The molecule has 27 heavy (non-hydrogen) atoms. The van der Waals surface area contributed by atoms with Gasteiger partial charge in [0.25, 0.3) is 0 Å². The van der Waals surface area contributed by atoms with Crippen molar-refractivity contribution in [1.29, 1.82) is 5.26 Å². The summed E-state index contributed by atoms with van der Waals surface area (Å²) in [5, 5.41) is 9.07. The number of aromatic nitrogens is 2. The zero-order valence-corrected chi connectivity index (χ0v) is 14.3. The fourth-order valence-electron chi connectivity index (χ4n) is 2.93. The first kappa shape index (κ1) is 16.6. The summed E-state index contributed by atoms with van der Waals surface area (Å²) in [6.07, 6.45) is 1.73. The average Bonchev–Trinajstić information content (AvgIpc) is 2.74. The van der Waals surface area contributed by atoms with Gasteiger partial charge in [-0.3, -0.25) is 0 Å². The molecule has 0 spiro atoms. The van der Waals surface area contributed by atoms with E-state index in [4.69, 9.17) is 5.26 Å². The summed E-state index contributed by atoms with van der Waals surface area (Å²) in [4.78, 5) is 9.05. The molecule has 1 aromatic heterocycles. The van der Waals surface area contributed by atoms with Gasteiger partial charge in [0.15, 0.2) is 5.82 Å². The van der Waals surface area contributed by atoms with E-state index in [0.717, 1.165) is 22.4 Å². The largest absolute Gasteiger partial charge is 0.237 e. The Morgan fingerprint density at radius 2 is 1.52 bits per heavy atom. The summed E-state index contributed by atoms with van der Waals surface area (Å²) >= 11 is 0. The maximum Gasteiger partial charge on any atom is 0.159 e. The van der Waals surface area contributed by atoms with E-state index in [0.29, 0.717) is 11.4 Å². The average molecular weight is 351 g/mol. The molecule has 0 amide bonds. The van der Waals surface area contributed by atoms with Crippen LogP contribution in [0.15, 0.2) is 85.1 Å². The van der Waals surface area contributed by atoms with Crippen molar-refractivity contribution in [3.05, 3.63) is 96.4 Å². The Morgan fingerprint density at radius 3 is 2.33 bits per heavy atom. The lowest BCUT2D eigenvalue weighted by molar-refractivity contribution is 0.628. The van der Waals surface area contributed by atoms with Crippen molar-refractivity contribution in [2.24, 2.45) is 0 Å². The molecule has 0 aliphatic heterocycles. The van der Waals surface area contributed by atoms with E-state index < -0.39 is 5.82 Å². The fourth-order valence-corrected chi connectivity index (χ4v) is 2.93. The third-order valence-corrected chi connectivity index (χ3v) is 4.21. The van der Waals surface area contributed by atoms with Gasteiger partial charge in [0.05, 0.1) is 17.3 Å². The van der Waals surface area contributed by atoms with Crippen LogP contribution in [0.5, 0.6) is 0 Å². The minimum absolute atomic E-state index is 0.290. The van der Waals surface area contributed by atoms with Crippen molar-refractivity contribution in [2.45, 2.75) is 0 Å². The molecule has 3 nitrogen and oxygen atoms in total. The smallest absolute Gasteiger partial charge is 0.159 e. The van der Waals surface area contributed by atoms with Crippen LogP contribution < -0.4 is 0 Å². The van der Waals surface area contributed by atoms with Crippen LogP contribution in [0.25, 0.3) is 33.8 Å². The minimum Gasteiger partial charge on any atom is -0.237 e. The van der Waals surface area contributed by atoms with E-state index >= 15 is 0 Å². The van der Waals surface area contributed by atoms with Crippen molar-refractivity contribution in [1.82, 2.24) is 9.97 Å². The number of rotatable bonds is 3. The lowest BCUT2D eigenvalue weighted by Crippen LogP contribution is -1.92. The number of halogens is 1. The predicted molar refractivity (Wildman–Crippen MR) is 103 cm³/mol. The van der Waals surface area contributed by atoms with Gasteiger partial charge in [0, 0.05) is 17.3 Å². The topological polar surface area (TPSA) is 49.6 Å². The summed E-state index contributed by atoms with van der Waals surface area (Å²) < 4.78 is 13.8. The normalized spacial score (nSPS) is 10.4. The van der Waals surface area contributed by atoms with Crippen LogP contribution in [-0.2, 0) is 0 Å². The van der Waals surface area contributed by atoms with E-state index in [1.165, 1.54) is 12.1 Å². The molecule has 0 N–H and O–H groups in total. The second-order valence-corrected chi connectivity index (χ2v) is 6.05. The molecule has 128 valence electrons. The van der Waals surface area contributed by atoms with Crippen molar-refractivity contribution in [3.63, 3.8) is 0 Å². The van der Waals surface area contributed by atoms with Gasteiger partial charge < -0.3 is 0 Å². The molecule has 0 fully saturated rings. The Labute approximate surface area is 156 Å². The van der Waals surface area contributed by atoms with Crippen molar-refractivity contribution < 1.29 is 4.39 Å². The second kappa shape index (κ2) is 7.19. The number of nitriles is 1. The fraction of sp³-hybridized carbons (Fsp3) is 0. The SMILES string of the molecule is N#Cc1cc(F)cc(-c2cccc(-c3nccc(-c4ccccc4)n3)c2)c1. The van der Waals surface area contributed by atoms with Gasteiger partial charge in [-0.05, 0) is 41.5 Å². The molecule has 4 aromatic rings. The summed E-state index contributed by atoms with van der Waals surface area (Å²) in [6.45, 7) is 0. The lowest BCUT2D eigenvalue weighted by atomic mass is 10.0. The number of nitrogens with zero attached hydrogens (tertiary/aromatic N) is 3. The Bertz CT molecular complexity index is 1150. The molecule has 4 rings (SSSR count). The zero-order valence-electron chi connectivity index (χ0n) is 14.3. The highest BCUT2D eigenvalue weighted by atomic mass is 19.1. The van der Waals surface area contributed by atoms with Gasteiger partial charge in [-0.25, -0.2) is 14.4 Å². The van der Waals surface area contributed by atoms with Crippen LogP contribution in [-0.4, -0.2) is 9.97 Å². The van der Waals surface area contributed by atoms with E-state index in [-0.39, 0.29) is 5.56 Å². The quantitative estimate of drug-likeness (QED) is 0.490. The van der Waals surface area contributed by atoms with Crippen LogP contribution in [0.1, 0.15) is 5.56 Å². The van der Waals surface area contributed by atoms with E-state index in [1.807, 2.05) is 66.7 Å². The highest BCUT2D eigenvalue weighted by Crippen LogP contribution is 2.27. The maximum atomic E-state index is 13.8. The number of benzene rings is 3. The monoisotopic (exact) mass is 351 g/mol. The third-order valence-electron chi connectivity index (χ3n) is 4.21. The Balaban J connectivity index is 1.76. The number of hydrogen-bond acceptors (Lipinski definition) is 3. The van der Waals surface area contributed by atoms with Crippen LogP contribution in [0.4, 0.5) is 4.39 Å². The van der Waals surface area contributed by atoms with Crippen molar-refractivity contribution in [2.75, 3.05) is 0 Å². The third kappa shape index (κ3) is 3.58. The van der Waals surface area contributed by atoms with Crippen LogP contribution >= 0.6 is 0 Å². The number of hydrogen-bond donors (Lipinski definition) is 0. The maximum absolute atomic E-state index is 13.8. The molecule has 0 saturated heterocycles. The molecule has 0 unspecified atom stereocenters. The lowest BCUT2D eigenvalue weighted by Gasteiger charge is -2.07. The molecule has 4 heteroatoms. The van der Waals surface area contributed by atoms with Gasteiger partial charge >= 0.3 is 0 Å². The van der Waals surface area contributed by atoms with E-state index in [1.54, 1.807) is 12.3 Å². The first-order valence-electron chi connectivity index (χ1n) is 8.43. The Hall–Kier alpha value is -3.84. The zero-order chi connectivity index (χ0) is 18.6. The molecule has 0 atom stereocenters. The van der Waals surface area contributed by atoms with Crippen LogP contribution in [0.2, 0.25) is 0 Å². The molecular formula is C23H14FN3. The van der Waals surface area contributed by atoms with Crippen molar-refractivity contribution in [3.8, 4) is 39.8 Å². The highest BCUT2D eigenvalue weighted by molar-refractivity contribution is 5.72. The molecule has 0 aliphatic rings. The second-order valence-electron chi connectivity index (χ2n) is 6.05. The summed E-state index contributed by atoms with van der Waals surface area (Å²) in [7, 11) is 0. The highest BCUT2D eigenvalue weighted by Gasteiger charge is 2.08. The molecule has 1 heterocycles. The molecule has 0 saturated carbocycles.